The standard InChI is InChI=1S/C12H16N6O2/c1-9-8-18(12(20)16-14-9)17-11(19)15-13-7-10-5-3-2-4-6-10/h2-7,12,16,20H,8H2,1H3,(H2,15,17,19)/b13-7+. The highest BCUT2D eigenvalue weighted by molar-refractivity contribution is 5.85. The molecule has 1 aliphatic rings. The highest BCUT2D eigenvalue weighted by Gasteiger charge is 2.21. The molecule has 0 saturated carbocycles. The largest absolute Gasteiger partial charge is 0.359 e. The molecule has 0 aromatic heterocycles. The predicted octanol–water partition coefficient (Wildman–Crippen LogP) is -0.208. The van der Waals surface area contributed by atoms with Crippen molar-refractivity contribution in [3.63, 3.8) is 0 Å². The molecular weight excluding hydrogens is 260 g/mol. The molecule has 1 atom stereocenters. The van der Waals surface area contributed by atoms with Gasteiger partial charge in [0.05, 0.1) is 18.5 Å². The number of amides is 2. The van der Waals surface area contributed by atoms with E-state index >= 15 is 0 Å². The summed E-state index contributed by atoms with van der Waals surface area (Å²) in [6, 6.07) is 8.82. The van der Waals surface area contributed by atoms with E-state index in [1.807, 2.05) is 30.3 Å². The second kappa shape index (κ2) is 6.64. The van der Waals surface area contributed by atoms with Crippen LogP contribution in [0.3, 0.4) is 0 Å². The lowest BCUT2D eigenvalue weighted by molar-refractivity contribution is -0.0413. The summed E-state index contributed by atoms with van der Waals surface area (Å²) in [7, 11) is 0. The maximum absolute atomic E-state index is 11.6. The molecular formula is C12H16N6O2. The predicted molar refractivity (Wildman–Crippen MR) is 74.7 cm³/mol. The van der Waals surface area contributed by atoms with Gasteiger partial charge in [0.15, 0.2) is 0 Å². The number of benzene rings is 1. The molecule has 8 heteroatoms. The van der Waals surface area contributed by atoms with E-state index in [1.54, 1.807) is 6.92 Å². The van der Waals surface area contributed by atoms with Gasteiger partial charge in [0.2, 0.25) is 6.35 Å². The topological polar surface area (TPSA) is 101 Å². The Morgan fingerprint density at radius 1 is 1.55 bits per heavy atom. The monoisotopic (exact) mass is 276 g/mol. The minimum atomic E-state index is -1.07. The minimum absolute atomic E-state index is 0.323. The van der Waals surface area contributed by atoms with Crippen molar-refractivity contribution < 1.29 is 9.90 Å². The van der Waals surface area contributed by atoms with Gasteiger partial charge in [-0.15, -0.1) is 0 Å². The average Bonchev–Trinajstić information content (AvgIpc) is 2.44. The third-order valence-electron chi connectivity index (χ3n) is 2.49. The van der Waals surface area contributed by atoms with E-state index in [2.05, 4.69) is 26.5 Å². The van der Waals surface area contributed by atoms with Crippen molar-refractivity contribution in [3.8, 4) is 0 Å². The normalized spacial score (nSPS) is 19.3. The molecule has 1 unspecified atom stereocenters. The molecule has 0 radical (unpaired) electrons. The second-order valence-electron chi connectivity index (χ2n) is 4.20. The van der Waals surface area contributed by atoms with Crippen LogP contribution in [-0.4, -0.2) is 41.0 Å². The van der Waals surface area contributed by atoms with Crippen LogP contribution in [0.1, 0.15) is 12.5 Å². The molecule has 20 heavy (non-hydrogen) atoms. The van der Waals surface area contributed by atoms with Crippen molar-refractivity contribution in [3.05, 3.63) is 35.9 Å². The van der Waals surface area contributed by atoms with Gasteiger partial charge < -0.3 is 5.11 Å². The summed E-state index contributed by atoms with van der Waals surface area (Å²) in [5.74, 6) is 0. The van der Waals surface area contributed by atoms with E-state index in [4.69, 9.17) is 0 Å². The Morgan fingerprint density at radius 3 is 3.05 bits per heavy atom. The van der Waals surface area contributed by atoms with Crippen LogP contribution >= 0.6 is 0 Å². The number of aliphatic hydroxyl groups is 1. The fraction of sp³-hybridized carbons (Fsp3) is 0.250. The maximum Gasteiger partial charge on any atom is 0.349 e. The van der Waals surface area contributed by atoms with Crippen LogP contribution in [0.5, 0.6) is 0 Å². The molecule has 106 valence electrons. The summed E-state index contributed by atoms with van der Waals surface area (Å²) in [5.41, 5.74) is 8.84. The third-order valence-corrected chi connectivity index (χ3v) is 2.49. The van der Waals surface area contributed by atoms with E-state index in [9.17, 15) is 9.90 Å². The van der Waals surface area contributed by atoms with E-state index < -0.39 is 12.4 Å². The molecule has 1 aromatic carbocycles. The van der Waals surface area contributed by atoms with Gasteiger partial charge in [0, 0.05) is 0 Å². The fourth-order valence-electron chi connectivity index (χ4n) is 1.57. The molecule has 0 spiro atoms. The summed E-state index contributed by atoms with van der Waals surface area (Å²) in [4.78, 5) is 11.6. The molecule has 2 amide bonds. The van der Waals surface area contributed by atoms with Gasteiger partial charge in [0.1, 0.15) is 0 Å². The SMILES string of the molecule is CC1=NNC(O)N(NC(=O)N/N=C/c2ccccc2)C1. The summed E-state index contributed by atoms with van der Waals surface area (Å²) >= 11 is 0. The van der Waals surface area contributed by atoms with Gasteiger partial charge in [-0.1, -0.05) is 30.3 Å². The number of carbonyl (C=O) groups is 1. The highest BCUT2D eigenvalue weighted by atomic mass is 16.3. The van der Waals surface area contributed by atoms with Crippen LogP contribution in [0.4, 0.5) is 4.79 Å². The van der Waals surface area contributed by atoms with Crippen molar-refractivity contribution in [2.24, 2.45) is 10.2 Å². The highest BCUT2D eigenvalue weighted by Crippen LogP contribution is 1.96. The lowest BCUT2D eigenvalue weighted by atomic mass is 10.2. The van der Waals surface area contributed by atoms with Gasteiger partial charge in [0.25, 0.3) is 0 Å². The van der Waals surface area contributed by atoms with Crippen molar-refractivity contribution in [1.29, 1.82) is 0 Å². The first-order valence-corrected chi connectivity index (χ1v) is 6.03. The number of nitrogens with zero attached hydrogens (tertiary/aromatic N) is 3. The number of aliphatic hydroxyl groups excluding tert-OH is 1. The van der Waals surface area contributed by atoms with E-state index in [1.165, 1.54) is 11.2 Å². The smallest absolute Gasteiger partial charge is 0.349 e. The number of nitrogens with one attached hydrogen (secondary N) is 3. The summed E-state index contributed by atoms with van der Waals surface area (Å²) < 4.78 is 0. The second-order valence-corrected chi connectivity index (χ2v) is 4.20. The number of rotatable bonds is 3. The zero-order valence-electron chi connectivity index (χ0n) is 10.9. The molecule has 8 nitrogen and oxygen atoms in total. The first-order chi connectivity index (χ1) is 9.65. The van der Waals surface area contributed by atoms with E-state index in [0.717, 1.165) is 11.3 Å². The van der Waals surface area contributed by atoms with Gasteiger partial charge >= 0.3 is 6.03 Å². The number of hydrogen-bond donors (Lipinski definition) is 4. The van der Waals surface area contributed by atoms with Crippen LogP contribution in [0.15, 0.2) is 40.5 Å². The first kappa shape index (κ1) is 14.0. The van der Waals surface area contributed by atoms with Crippen LogP contribution in [-0.2, 0) is 0 Å². The first-order valence-electron chi connectivity index (χ1n) is 6.03. The van der Waals surface area contributed by atoms with E-state index in [0.29, 0.717) is 6.54 Å². The van der Waals surface area contributed by atoms with Gasteiger partial charge in [-0.2, -0.15) is 15.2 Å². The minimum Gasteiger partial charge on any atom is -0.359 e. The zero-order chi connectivity index (χ0) is 14.4. The molecule has 0 fully saturated rings. The molecule has 0 bridgehead atoms. The number of carbonyl (C=O) groups excluding carboxylic acids is 1. The van der Waals surface area contributed by atoms with Crippen molar-refractivity contribution >= 4 is 18.0 Å². The molecule has 0 aliphatic carbocycles. The number of hydrazone groups is 2. The van der Waals surface area contributed by atoms with Crippen LogP contribution < -0.4 is 16.3 Å². The molecule has 4 N–H and O–H groups in total. The van der Waals surface area contributed by atoms with Crippen LogP contribution in [0.2, 0.25) is 0 Å². The Hall–Kier alpha value is -2.45. The Balaban J connectivity index is 1.81. The van der Waals surface area contributed by atoms with Gasteiger partial charge in [-0.3, -0.25) is 10.9 Å². The molecule has 0 saturated heterocycles. The quantitative estimate of drug-likeness (QED) is 0.453. The summed E-state index contributed by atoms with van der Waals surface area (Å²) in [5, 5.41) is 18.5. The van der Waals surface area contributed by atoms with Crippen LogP contribution in [0, 0.1) is 0 Å². The van der Waals surface area contributed by atoms with Gasteiger partial charge in [-0.25, -0.2) is 10.2 Å². The molecule has 1 heterocycles. The van der Waals surface area contributed by atoms with Gasteiger partial charge in [-0.05, 0) is 12.5 Å². The van der Waals surface area contributed by atoms with Crippen molar-refractivity contribution in [2.75, 3.05) is 6.54 Å². The van der Waals surface area contributed by atoms with Crippen molar-refractivity contribution in [2.45, 2.75) is 13.3 Å². The van der Waals surface area contributed by atoms with Crippen LogP contribution in [0.25, 0.3) is 0 Å². The number of hydrogen-bond acceptors (Lipinski definition) is 6. The third kappa shape index (κ3) is 4.04. The Labute approximate surface area is 116 Å². The lowest BCUT2D eigenvalue weighted by Gasteiger charge is -2.30. The number of hydrazine groups is 1. The van der Waals surface area contributed by atoms with Crippen molar-refractivity contribution in [1.82, 2.24) is 21.3 Å². The maximum atomic E-state index is 11.6. The summed E-state index contributed by atoms with van der Waals surface area (Å²) in [6.07, 6.45) is 0.458. The molecule has 1 aromatic rings. The summed E-state index contributed by atoms with van der Waals surface area (Å²) in [6.45, 7) is 2.10. The average molecular weight is 276 g/mol. The Morgan fingerprint density at radius 2 is 2.30 bits per heavy atom. The Kier molecular flexibility index (Phi) is 4.64. The molecule has 1 aliphatic heterocycles. The lowest BCUT2D eigenvalue weighted by Crippen LogP contribution is -2.59. The fourth-order valence-corrected chi connectivity index (χ4v) is 1.57. The number of urea groups is 1. The molecule has 2 rings (SSSR count). The van der Waals surface area contributed by atoms with E-state index in [-0.39, 0.29) is 0 Å². The Bertz CT molecular complexity index is 516. The zero-order valence-corrected chi connectivity index (χ0v) is 10.9.